The predicted octanol–water partition coefficient (Wildman–Crippen LogP) is 1.40. The molecule has 6 heteroatoms. The van der Waals surface area contributed by atoms with E-state index in [2.05, 4.69) is 27.2 Å². The van der Waals surface area contributed by atoms with Crippen molar-refractivity contribution in [1.29, 1.82) is 0 Å². The zero-order valence-corrected chi connectivity index (χ0v) is 11.3. The summed E-state index contributed by atoms with van der Waals surface area (Å²) in [6.45, 7) is 7.07. The molecule has 0 spiro atoms. The van der Waals surface area contributed by atoms with Crippen molar-refractivity contribution in [3.05, 3.63) is 5.82 Å². The van der Waals surface area contributed by atoms with Gasteiger partial charge in [-0.05, 0) is 12.3 Å². The molecule has 1 atom stereocenters. The Labute approximate surface area is 108 Å². The summed E-state index contributed by atoms with van der Waals surface area (Å²) in [5.41, 5.74) is 5.65. The van der Waals surface area contributed by atoms with Gasteiger partial charge < -0.3 is 16.2 Å². The Morgan fingerprint density at radius 1 is 1.28 bits per heavy atom. The van der Waals surface area contributed by atoms with Crippen LogP contribution in [0.15, 0.2) is 0 Å². The molecule has 4 N–H and O–H groups in total. The summed E-state index contributed by atoms with van der Waals surface area (Å²) in [7, 11) is 0. The highest BCUT2D eigenvalue weighted by molar-refractivity contribution is 5.31. The minimum absolute atomic E-state index is 0.205. The van der Waals surface area contributed by atoms with Crippen molar-refractivity contribution >= 4 is 11.9 Å². The van der Waals surface area contributed by atoms with E-state index in [1.807, 2.05) is 13.8 Å². The van der Waals surface area contributed by atoms with Gasteiger partial charge in [-0.15, -0.1) is 0 Å². The number of nitrogens with zero attached hydrogens (tertiary/aromatic N) is 3. The molecular weight excluding hydrogens is 230 g/mol. The normalized spacial score (nSPS) is 12.7. The molecule has 18 heavy (non-hydrogen) atoms. The molecule has 102 valence electrons. The second kappa shape index (κ2) is 7.10. The molecule has 1 unspecified atom stereocenters. The van der Waals surface area contributed by atoms with Crippen LogP contribution in [0.5, 0.6) is 0 Å². The highest BCUT2D eigenvalue weighted by atomic mass is 16.3. The molecule has 0 fully saturated rings. The third-order valence-corrected chi connectivity index (χ3v) is 2.85. The molecule has 0 aliphatic rings. The van der Waals surface area contributed by atoms with Gasteiger partial charge in [0, 0.05) is 19.1 Å². The van der Waals surface area contributed by atoms with Gasteiger partial charge in [-0.1, -0.05) is 27.2 Å². The Balaban J connectivity index is 2.66. The van der Waals surface area contributed by atoms with Gasteiger partial charge in [0.05, 0.1) is 0 Å². The minimum Gasteiger partial charge on any atom is -0.396 e. The lowest BCUT2D eigenvalue weighted by atomic mass is 10.0. The van der Waals surface area contributed by atoms with Crippen LogP contribution in [-0.4, -0.2) is 33.2 Å². The standard InChI is InChI=1S/C12H23N5O/c1-4-9(5-6-18)7-14-12-16-10(8(2)3)15-11(13)17-12/h8-9,18H,4-7H2,1-3H3,(H3,13,14,15,16,17). The lowest BCUT2D eigenvalue weighted by Crippen LogP contribution is -2.18. The number of nitrogens with one attached hydrogen (secondary N) is 1. The number of nitrogens with two attached hydrogens (primary N) is 1. The van der Waals surface area contributed by atoms with Gasteiger partial charge in [0.25, 0.3) is 0 Å². The van der Waals surface area contributed by atoms with E-state index in [4.69, 9.17) is 10.8 Å². The van der Waals surface area contributed by atoms with Crippen molar-refractivity contribution in [2.24, 2.45) is 5.92 Å². The van der Waals surface area contributed by atoms with Gasteiger partial charge >= 0.3 is 0 Å². The van der Waals surface area contributed by atoms with E-state index in [-0.39, 0.29) is 18.5 Å². The first-order valence-corrected chi connectivity index (χ1v) is 6.43. The lowest BCUT2D eigenvalue weighted by Gasteiger charge is -2.15. The van der Waals surface area contributed by atoms with E-state index in [0.29, 0.717) is 17.7 Å². The number of anilines is 2. The van der Waals surface area contributed by atoms with E-state index in [9.17, 15) is 0 Å². The predicted molar refractivity (Wildman–Crippen MR) is 72.3 cm³/mol. The molecule has 0 radical (unpaired) electrons. The zero-order chi connectivity index (χ0) is 13.5. The molecule has 0 amide bonds. The van der Waals surface area contributed by atoms with E-state index in [1.54, 1.807) is 0 Å². The number of aromatic nitrogens is 3. The summed E-state index contributed by atoms with van der Waals surface area (Å²) in [5, 5.41) is 12.1. The topological polar surface area (TPSA) is 97.0 Å². The zero-order valence-electron chi connectivity index (χ0n) is 11.3. The number of rotatable bonds is 7. The molecule has 0 aromatic carbocycles. The summed E-state index contributed by atoms with van der Waals surface area (Å²) >= 11 is 0. The monoisotopic (exact) mass is 253 g/mol. The fraction of sp³-hybridized carbons (Fsp3) is 0.750. The number of nitrogen functional groups attached to an aromatic ring is 1. The molecular formula is C12H23N5O. The first-order chi connectivity index (χ1) is 8.56. The molecule has 1 aromatic heterocycles. The summed E-state index contributed by atoms with van der Waals surface area (Å²) in [6, 6.07) is 0. The molecule has 0 saturated heterocycles. The summed E-state index contributed by atoms with van der Waals surface area (Å²) in [5.74, 6) is 2.08. The average Bonchev–Trinajstić information content (AvgIpc) is 2.33. The molecule has 0 aliphatic heterocycles. The number of aliphatic hydroxyl groups is 1. The minimum atomic E-state index is 0.205. The first-order valence-electron chi connectivity index (χ1n) is 6.43. The first kappa shape index (κ1) is 14.6. The van der Waals surface area contributed by atoms with E-state index < -0.39 is 0 Å². The Bertz CT molecular complexity index is 369. The van der Waals surface area contributed by atoms with Crippen molar-refractivity contribution in [1.82, 2.24) is 15.0 Å². The van der Waals surface area contributed by atoms with Gasteiger partial charge in [0.15, 0.2) is 0 Å². The maximum Gasteiger partial charge on any atom is 0.227 e. The van der Waals surface area contributed by atoms with Crippen LogP contribution >= 0.6 is 0 Å². The third kappa shape index (κ3) is 4.44. The number of hydrogen-bond donors (Lipinski definition) is 3. The second-order valence-corrected chi connectivity index (χ2v) is 4.70. The summed E-state index contributed by atoms with van der Waals surface area (Å²) in [4.78, 5) is 12.5. The fourth-order valence-corrected chi connectivity index (χ4v) is 1.62. The van der Waals surface area contributed by atoms with E-state index in [0.717, 1.165) is 19.4 Å². The third-order valence-electron chi connectivity index (χ3n) is 2.85. The van der Waals surface area contributed by atoms with Crippen LogP contribution in [0.4, 0.5) is 11.9 Å². The second-order valence-electron chi connectivity index (χ2n) is 4.70. The van der Waals surface area contributed by atoms with Crippen LogP contribution in [0.2, 0.25) is 0 Å². The van der Waals surface area contributed by atoms with Crippen LogP contribution in [0.1, 0.15) is 45.4 Å². The summed E-state index contributed by atoms with van der Waals surface area (Å²) < 4.78 is 0. The Morgan fingerprint density at radius 3 is 2.56 bits per heavy atom. The van der Waals surface area contributed by atoms with Crippen molar-refractivity contribution in [3.8, 4) is 0 Å². The SMILES string of the molecule is CCC(CCO)CNc1nc(N)nc(C(C)C)n1. The molecule has 1 rings (SSSR count). The number of aliphatic hydroxyl groups excluding tert-OH is 1. The highest BCUT2D eigenvalue weighted by Crippen LogP contribution is 2.13. The maximum atomic E-state index is 8.94. The van der Waals surface area contributed by atoms with Crippen LogP contribution in [0.25, 0.3) is 0 Å². The van der Waals surface area contributed by atoms with Crippen molar-refractivity contribution in [2.75, 3.05) is 24.2 Å². The van der Waals surface area contributed by atoms with Gasteiger partial charge in [-0.25, -0.2) is 0 Å². The molecule has 0 bridgehead atoms. The van der Waals surface area contributed by atoms with Gasteiger partial charge in [-0.2, -0.15) is 15.0 Å². The molecule has 1 aromatic rings. The Morgan fingerprint density at radius 2 is 2.00 bits per heavy atom. The number of hydrogen-bond acceptors (Lipinski definition) is 6. The van der Waals surface area contributed by atoms with Crippen LogP contribution in [0.3, 0.4) is 0 Å². The van der Waals surface area contributed by atoms with Crippen LogP contribution in [0, 0.1) is 5.92 Å². The van der Waals surface area contributed by atoms with E-state index >= 15 is 0 Å². The van der Waals surface area contributed by atoms with Crippen molar-refractivity contribution < 1.29 is 5.11 Å². The molecule has 0 aliphatic carbocycles. The summed E-state index contributed by atoms with van der Waals surface area (Å²) in [6.07, 6.45) is 1.78. The van der Waals surface area contributed by atoms with Crippen molar-refractivity contribution in [2.45, 2.75) is 39.5 Å². The van der Waals surface area contributed by atoms with Gasteiger partial charge in [0.2, 0.25) is 11.9 Å². The average molecular weight is 253 g/mol. The fourth-order valence-electron chi connectivity index (χ4n) is 1.62. The van der Waals surface area contributed by atoms with Crippen molar-refractivity contribution in [3.63, 3.8) is 0 Å². The van der Waals surface area contributed by atoms with Crippen LogP contribution in [-0.2, 0) is 0 Å². The smallest absolute Gasteiger partial charge is 0.227 e. The van der Waals surface area contributed by atoms with Gasteiger partial charge in [0.1, 0.15) is 5.82 Å². The Hall–Kier alpha value is -1.43. The van der Waals surface area contributed by atoms with Gasteiger partial charge in [-0.3, -0.25) is 0 Å². The maximum absolute atomic E-state index is 8.94. The van der Waals surface area contributed by atoms with E-state index in [1.165, 1.54) is 0 Å². The van der Waals surface area contributed by atoms with Crippen LogP contribution < -0.4 is 11.1 Å². The quantitative estimate of drug-likeness (QED) is 0.679. The highest BCUT2D eigenvalue weighted by Gasteiger charge is 2.10. The Kier molecular flexibility index (Phi) is 5.77. The molecule has 1 heterocycles. The largest absolute Gasteiger partial charge is 0.396 e. The lowest BCUT2D eigenvalue weighted by molar-refractivity contribution is 0.258. The molecule has 0 saturated carbocycles. The molecule has 6 nitrogen and oxygen atoms in total.